The highest BCUT2D eigenvalue weighted by molar-refractivity contribution is 7.21. The molecule has 27 heavy (non-hydrogen) atoms. The molecule has 3 nitrogen and oxygen atoms in total. The minimum Gasteiger partial charge on any atom is -0.342 e. The first kappa shape index (κ1) is 18.9. The molecule has 142 valence electrons. The molecule has 1 fully saturated rings. The van der Waals surface area contributed by atoms with Gasteiger partial charge < -0.3 is 10.2 Å². The van der Waals surface area contributed by atoms with Gasteiger partial charge in [-0.05, 0) is 36.6 Å². The summed E-state index contributed by atoms with van der Waals surface area (Å²) in [6.45, 7) is 4.33. The third kappa shape index (κ3) is 3.76. The summed E-state index contributed by atoms with van der Waals surface area (Å²) in [6.07, 6.45) is 2.46. The standard InChI is InChI=1S/C20H20ClFN2OS2/c1-12(18(15-5-4-10-26-15)24-8-2-3-9-24)23-20(25)19-17(21)14-7-6-13(22)11-16(14)27-19/h4-7,10-12,18H,2-3,8-9H2,1H3,(H,23,25)/p+1/t12-,18-/m0/s1. The van der Waals surface area contributed by atoms with Crippen LogP contribution in [0, 0.1) is 5.82 Å². The molecular weight excluding hydrogens is 403 g/mol. The van der Waals surface area contributed by atoms with E-state index in [1.165, 1.54) is 46.1 Å². The molecule has 1 saturated heterocycles. The molecule has 7 heteroatoms. The molecule has 2 aromatic heterocycles. The van der Waals surface area contributed by atoms with Crippen molar-refractivity contribution in [2.75, 3.05) is 13.1 Å². The van der Waals surface area contributed by atoms with Gasteiger partial charge in [0.25, 0.3) is 5.91 Å². The molecule has 0 bridgehead atoms. The number of rotatable bonds is 5. The largest absolute Gasteiger partial charge is 0.342 e. The number of nitrogens with one attached hydrogen (secondary N) is 2. The molecule has 0 unspecified atom stereocenters. The quantitative estimate of drug-likeness (QED) is 0.630. The van der Waals surface area contributed by atoms with Gasteiger partial charge in [0, 0.05) is 22.9 Å². The lowest BCUT2D eigenvalue weighted by molar-refractivity contribution is -0.920. The lowest BCUT2D eigenvalue weighted by Gasteiger charge is -2.29. The summed E-state index contributed by atoms with van der Waals surface area (Å²) in [5, 5.41) is 6.37. The van der Waals surface area contributed by atoms with Crippen molar-refractivity contribution in [2.45, 2.75) is 31.8 Å². The summed E-state index contributed by atoms with van der Waals surface area (Å²) in [4.78, 5) is 16.2. The van der Waals surface area contributed by atoms with Gasteiger partial charge in [0.1, 0.15) is 16.7 Å². The number of likely N-dealkylation sites (tertiary alicyclic amines) is 1. The highest BCUT2D eigenvalue weighted by Gasteiger charge is 2.34. The Hall–Kier alpha value is -1.47. The predicted molar refractivity (Wildman–Crippen MR) is 111 cm³/mol. The van der Waals surface area contributed by atoms with Crippen LogP contribution in [0.1, 0.15) is 40.4 Å². The van der Waals surface area contributed by atoms with E-state index in [0.717, 1.165) is 18.5 Å². The van der Waals surface area contributed by atoms with Crippen molar-refractivity contribution in [1.29, 1.82) is 0 Å². The van der Waals surface area contributed by atoms with E-state index in [2.05, 4.69) is 29.8 Å². The van der Waals surface area contributed by atoms with Gasteiger partial charge in [-0.25, -0.2) is 4.39 Å². The summed E-state index contributed by atoms with van der Waals surface area (Å²) in [5.41, 5.74) is 0. The number of fused-ring (bicyclic) bond motifs is 1. The molecule has 0 radical (unpaired) electrons. The van der Waals surface area contributed by atoms with Crippen LogP contribution in [-0.4, -0.2) is 25.0 Å². The smallest absolute Gasteiger partial charge is 0.263 e. The molecule has 4 rings (SSSR count). The summed E-state index contributed by atoms with van der Waals surface area (Å²) >= 11 is 9.40. The summed E-state index contributed by atoms with van der Waals surface area (Å²) in [6, 6.07) is 8.85. The van der Waals surface area contributed by atoms with Gasteiger partial charge in [-0.2, -0.15) is 0 Å². The van der Waals surface area contributed by atoms with Crippen molar-refractivity contribution in [3.63, 3.8) is 0 Å². The maximum absolute atomic E-state index is 13.5. The lowest BCUT2D eigenvalue weighted by Crippen LogP contribution is -3.11. The van der Waals surface area contributed by atoms with Gasteiger partial charge in [-0.1, -0.05) is 17.7 Å². The molecule has 0 aliphatic carbocycles. The van der Waals surface area contributed by atoms with Crippen LogP contribution in [0.3, 0.4) is 0 Å². The number of halogens is 2. The van der Waals surface area contributed by atoms with Crippen molar-refractivity contribution in [3.05, 3.63) is 56.3 Å². The van der Waals surface area contributed by atoms with Gasteiger partial charge in [0.2, 0.25) is 0 Å². The Morgan fingerprint density at radius 1 is 1.30 bits per heavy atom. The zero-order chi connectivity index (χ0) is 19.0. The minimum atomic E-state index is -0.323. The Balaban J connectivity index is 1.58. The minimum absolute atomic E-state index is 0.0257. The molecule has 3 heterocycles. The first-order chi connectivity index (χ1) is 13.0. The topological polar surface area (TPSA) is 33.5 Å². The van der Waals surface area contributed by atoms with Crippen LogP contribution in [0.25, 0.3) is 10.1 Å². The van der Waals surface area contributed by atoms with E-state index < -0.39 is 0 Å². The number of hydrogen-bond acceptors (Lipinski definition) is 3. The number of amides is 1. The van der Waals surface area contributed by atoms with Crippen molar-refractivity contribution in [2.24, 2.45) is 0 Å². The maximum atomic E-state index is 13.5. The Kier molecular flexibility index (Phi) is 5.50. The third-order valence-corrected chi connectivity index (χ3v) is 7.80. The molecule has 2 atom stereocenters. The summed E-state index contributed by atoms with van der Waals surface area (Å²) in [7, 11) is 0. The first-order valence-electron chi connectivity index (χ1n) is 9.11. The highest BCUT2D eigenvalue weighted by atomic mass is 35.5. The molecule has 0 saturated carbocycles. The van der Waals surface area contributed by atoms with Crippen LogP contribution in [0.5, 0.6) is 0 Å². The lowest BCUT2D eigenvalue weighted by atomic mass is 10.1. The number of carbonyl (C=O) groups is 1. The molecule has 2 N–H and O–H groups in total. The summed E-state index contributed by atoms with van der Waals surface area (Å²) < 4.78 is 14.2. The fourth-order valence-corrected chi connectivity index (χ4v) is 6.38. The van der Waals surface area contributed by atoms with E-state index in [1.54, 1.807) is 17.4 Å². The zero-order valence-electron chi connectivity index (χ0n) is 14.9. The number of carbonyl (C=O) groups excluding carboxylic acids is 1. The predicted octanol–water partition coefficient (Wildman–Crippen LogP) is 4.29. The van der Waals surface area contributed by atoms with Crippen LogP contribution < -0.4 is 10.2 Å². The van der Waals surface area contributed by atoms with Crippen LogP contribution in [0.2, 0.25) is 5.02 Å². The van der Waals surface area contributed by atoms with Gasteiger partial charge in [0.15, 0.2) is 0 Å². The van der Waals surface area contributed by atoms with Crippen LogP contribution in [0.4, 0.5) is 4.39 Å². The first-order valence-corrected chi connectivity index (χ1v) is 11.2. The fraction of sp³-hybridized carbons (Fsp3) is 0.350. The highest BCUT2D eigenvalue weighted by Crippen LogP contribution is 2.35. The van der Waals surface area contributed by atoms with Crippen LogP contribution >= 0.6 is 34.3 Å². The van der Waals surface area contributed by atoms with E-state index >= 15 is 0 Å². The Labute approximate surface area is 170 Å². The Morgan fingerprint density at radius 2 is 2.07 bits per heavy atom. The molecule has 1 aliphatic heterocycles. The number of hydrogen-bond donors (Lipinski definition) is 2. The molecule has 1 aromatic carbocycles. The van der Waals surface area contributed by atoms with E-state index in [4.69, 9.17) is 11.6 Å². The molecule has 3 aromatic rings. The monoisotopic (exact) mass is 423 g/mol. The number of thiophene rings is 2. The molecule has 1 amide bonds. The second-order valence-corrected chi connectivity index (χ2v) is 9.42. The Bertz CT molecular complexity index is 950. The van der Waals surface area contributed by atoms with Gasteiger partial charge >= 0.3 is 0 Å². The average molecular weight is 424 g/mol. The number of benzene rings is 1. The van der Waals surface area contributed by atoms with E-state index in [1.807, 2.05) is 0 Å². The third-order valence-electron chi connectivity index (χ3n) is 5.19. The normalized spacial score (nSPS) is 17.3. The maximum Gasteiger partial charge on any atom is 0.263 e. The van der Waals surface area contributed by atoms with Crippen molar-refractivity contribution >= 4 is 50.3 Å². The van der Waals surface area contributed by atoms with Gasteiger partial charge in [0.05, 0.1) is 29.0 Å². The van der Waals surface area contributed by atoms with E-state index in [-0.39, 0.29) is 23.8 Å². The molecule has 1 aliphatic rings. The van der Waals surface area contributed by atoms with Crippen molar-refractivity contribution in [1.82, 2.24) is 5.32 Å². The molecule has 0 spiro atoms. The van der Waals surface area contributed by atoms with E-state index in [9.17, 15) is 9.18 Å². The van der Waals surface area contributed by atoms with Gasteiger partial charge in [-0.3, -0.25) is 4.79 Å². The fourth-order valence-electron chi connectivity index (χ4n) is 3.95. The van der Waals surface area contributed by atoms with Crippen molar-refractivity contribution in [3.8, 4) is 0 Å². The summed E-state index contributed by atoms with van der Waals surface area (Å²) in [5.74, 6) is -0.509. The van der Waals surface area contributed by atoms with Gasteiger partial charge in [-0.15, -0.1) is 22.7 Å². The molecular formula is C20H21ClFN2OS2+. The SMILES string of the molecule is C[C@H](NC(=O)c1sc2cc(F)ccc2c1Cl)[C@@H](c1cccs1)[NH+]1CCCC1. The van der Waals surface area contributed by atoms with Crippen LogP contribution in [-0.2, 0) is 0 Å². The average Bonchev–Trinajstić information content (AvgIpc) is 3.37. The second-order valence-electron chi connectivity index (χ2n) is 7.01. The zero-order valence-corrected chi connectivity index (χ0v) is 17.3. The van der Waals surface area contributed by atoms with E-state index in [0.29, 0.717) is 14.6 Å². The Morgan fingerprint density at radius 3 is 2.78 bits per heavy atom. The van der Waals surface area contributed by atoms with Crippen molar-refractivity contribution < 1.29 is 14.1 Å². The number of quaternary nitrogens is 1. The van der Waals surface area contributed by atoms with Crippen LogP contribution in [0.15, 0.2) is 35.7 Å². The second kappa shape index (κ2) is 7.87.